The fourth-order valence-corrected chi connectivity index (χ4v) is 3.38. The van der Waals surface area contributed by atoms with Crippen LogP contribution in [0.2, 0.25) is 0 Å². The summed E-state index contributed by atoms with van der Waals surface area (Å²) in [7, 11) is 0. The lowest BCUT2D eigenvalue weighted by Crippen LogP contribution is -2.54. The molecule has 0 spiro atoms. The van der Waals surface area contributed by atoms with Crippen molar-refractivity contribution in [2.45, 2.75) is 45.1 Å². The highest BCUT2D eigenvalue weighted by Gasteiger charge is 2.43. The fourth-order valence-electron chi connectivity index (χ4n) is 2.89. The van der Waals surface area contributed by atoms with Gasteiger partial charge in [-0.05, 0) is 37.7 Å². The fraction of sp³-hybridized carbons (Fsp3) is 0.857. The highest BCUT2D eigenvalue weighted by atomic mass is 32.2. The summed E-state index contributed by atoms with van der Waals surface area (Å²) in [5.41, 5.74) is 5.14. The second-order valence-electron chi connectivity index (χ2n) is 5.59. The summed E-state index contributed by atoms with van der Waals surface area (Å²) in [6.07, 6.45) is 5.45. The Hall–Kier alpha value is -0.750. The number of amides is 1. The van der Waals surface area contributed by atoms with Gasteiger partial charge >= 0.3 is 5.97 Å². The third kappa shape index (κ3) is 4.12. The van der Waals surface area contributed by atoms with Crippen molar-refractivity contribution >= 4 is 23.6 Å². The van der Waals surface area contributed by atoms with Gasteiger partial charge in [0.2, 0.25) is 5.91 Å². The Morgan fingerprint density at radius 2 is 2.20 bits per heavy atom. The first kappa shape index (κ1) is 17.3. The number of carboxylic acids is 1. The van der Waals surface area contributed by atoms with Gasteiger partial charge in [-0.2, -0.15) is 11.8 Å². The van der Waals surface area contributed by atoms with Gasteiger partial charge < -0.3 is 15.7 Å². The molecule has 1 heterocycles. The Balaban J connectivity index is 2.72. The molecule has 3 N–H and O–H groups in total. The number of carbonyl (C=O) groups is 2. The molecule has 1 aliphatic rings. The van der Waals surface area contributed by atoms with Crippen LogP contribution in [0.5, 0.6) is 0 Å². The number of nitrogens with zero attached hydrogens (tertiary/aromatic N) is 1. The SMILES string of the molecule is CCCC1(C(=O)O)CCCN(C(=O)[C@@H](N)CCSC)C1. The third-order valence-electron chi connectivity index (χ3n) is 4.02. The van der Waals surface area contributed by atoms with E-state index in [-0.39, 0.29) is 5.91 Å². The summed E-state index contributed by atoms with van der Waals surface area (Å²) in [4.78, 5) is 25.6. The lowest BCUT2D eigenvalue weighted by atomic mass is 9.76. The van der Waals surface area contributed by atoms with Crippen molar-refractivity contribution in [3.05, 3.63) is 0 Å². The molecule has 0 aromatic rings. The maximum Gasteiger partial charge on any atom is 0.311 e. The first-order chi connectivity index (χ1) is 9.46. The molecule has 2 atom stereocenters. The number of hydrogen-bond acceptors (Lipinski definition) is 4. The van der Waals surface area contributed by atoms with E-state index in [0.717, 1.165) is 18.6 Å². The number of rotatable bonds is 7. The standard InChI is InChI=1S/C14H26N2O3S/c1-3-6-14(13(18)19)7-4-8-16(10-14)12(17)11(15)5-9-20-2/h11H,3-10,15H2,1-2H3,(H,18,19)/t11-,14?/m0/s1. The molecule has 1 aliphatic heterocycles. The molecule has 1 fully saturated rings. The summed E-state index contributed by atoms with van der Waals surface area (Å²) in [5.74, 6) is -0.0326. The minimum Gasteiger partial charge on any atom is -0.481 e. The Bertz CT molecular complexity index is 347. The van der Waals surface area contributed by atoms with Crippen LogP contribution >= 0.6 is 11.8 Å². The lowest BCUT2D eigenvalue weighted by Gasteiger charge is -2.40. The van der Waals surface area contributed by atoms with E-state index in [1.54, 1.807) is 16.7 Å². The molecule has 0 aromatic heterocycles. The minimum absolute atomic E-state index is 0.0968. The molecule has 0 saturated carbocycles. The number of likely N-dealkylation sites (tertiary alicyclic amines) is 1. The quantitative estimate of drug-likeness (QED) is 0.745. The predicted octanol–water partition coefficient (Wildman–Crippen LogP) is 1.56. The van der Waals surface area contributed by atoms with Crippen molar-refractivity contribution < 1.29 is 14.7 Å². The van der Waals surface area contributed by atoms with Crippen LogP contribution in [0, 0.1) is 5.41 Å². The summed E-state index contributed by atoms with van der Waals surface area (Å²) in [6, 6.07) is -0.506. The van der Waals surface area contributed by atoms with Crippen LogP contribution in [-0.2, 0) is 9.59 Å². The molecule has 6 heteroatoms. The molecule has 116 valence electrons. The Labute approximate surface area is 125 Å². The number of carboxylic acid groups (broad SMARTS) is 1. The lowest BCUT2D eigenvalue weighted by molar-refractivity contribution is -0.155. The molecule has 5 nitrogen and oxygen atoms in total. The van der Waals surface area contributed by atoms with Crippen LogP contribution in [-0.4, -0.2) is 53.0 Å². The smallest absolute Gasteiger partial charge is 0.311 e. The number of carbonyl (C=O) groups excluding carboxylic acids is 1. The third-order valence-corrected chi connectivity index (χ3v) is 4.66. The molecule has 1 amide bonds. The summed E-state index contributed by atoms with van der Waals surface area (Å²) in [6.45, 7) is 2.92. The zero-order valence-electron chi connectivity index (χ0n) is 12.4. The molecule has 20 heavy (non-hydrogen) atoms. The normalized spacial score (nSPS) is 24.4. The predicted molar refractivity (Wildman–Crippen MR) is 81.8 cm³/mol. The minimum atomic E-state index is -0.783. The van der Waals surface area contributed by atoms with Crippen molar-refractivity contribution in [2.75, 3.05) is 25.1 Å². The van der Waals surface area contributed by atoms with Crippen molar-refractivity contribution in [1.82, 2.24) is 4.90 Å². The molecule has 0 aliphatic carbocycles. The van der Waals surface area contributed by atoms with Gasteiger partial charge in [0.05, 0.1) is 11.5 Å². The second kappa shape index (κ2) is 7.88. The Morgan fingerprint density at radius 3 is 2.75 bits per heavy atom. The summed E-state index contributed by atoms with van der Waals surface area (Å²) < 4.78 is 0. The van der Waals surface area contributed by atoms with E-state index in [9.17, 15) is 14.7 Å². The van der Waals surface area contributed by atoms with Gasteiger partial charge in [-0.25, -0.2) is 0 Å². The molecule has 0 bridgehead atoms. The van der Waals surface area contributed by atoms with E-state index in [0.29, 0.717) is 32.4 Å². The Morgan fingerprint density at radius 1 is 1.50 bits per heavy atom. The zero-order valence-corrected chi connectivity index (χ0v) is 13.2. The van der Waals surface area contributed by atoms with E-state index >= 15 is 0 Å². The van der Waals surface area contributed by atoms with Crippen LogP contribution in [0.1, 0.15) is 39.0 Å². The van der Waals surface area contributed by atoms with Crippen molar-refractivity contribution in [2.24, 2.45) is 11.1 Å². The first-order valence-corrected chi connectivity index (χ1v) is 8.63. The van der Waals surface area contributed by atoms with Crippen LogP contribution < -0.4 is 5.73 Å². The van der Waals surface area contributed by atoms with Gasteiger partial charge in [-0.15, -0.1) is 0 Å². The number of piperidine rings is 1. The topological polar surface area (TPSA) is 83.6 Å². The molecular weight excluding hydrogens is 276 g/mol. The van der Waals surface area contributed by atoms with Gasteiger partial charge in [-0.1, -0.05) is 13.3 Å². The second-order valence-corrected chi connectivity index (χ2v) is 6.57. The van der Waals surface area contributed by atoms with Gasteiger partial charge in [-0.3, -0.25) is 9.59 Å². The van der Waals surface area contributed by atoms with E-state index in [2.05, 4.69) is 0 Å². The van der Waals surface area contributed by atoms with E-state index < -0.39 is 17.4 Å². The summed E-state index contributed by atoms with van der Waals surface area (Å²) >= 11 is 1.66. The van der Waals surface area contributed by atoms with Gasteiger partial charge in [0, 0.05) is 13.1 Å². The molecule has 0 aromatic carbocycles. The van der Waals surface area contributed by atoms with Gasteiger partial charge in [0.1, 0.15) is 0 Å². The first-order valence-electron chi connectivity index (χ1n) is 7.23. The van der Waals surface area contributed by atoms with Gasteiger partial charge in [0.15, 0.2) is 0 Å². The maximum absolute atomic E-state index is 12.3. The van der Waals surface area contributed by atoms with Crippen LogP contribution in [0.15, 0.2) is 0 Å². The molecule has 1 saturated heterocycles. The highest BCUT2D eigenvalue weighted by Crippen LogP contribution is 2.35. The zero-order chi connectivity index (χ0) is 15.2. The van der Waals surface area contributed by atoms with Crippen LogP contribution in [0.3, 0.4) is 0 Å². The molecule has 0 radical (unpaired) electrons. The number of hydrogen-bond donors (Lipinski definition) is 2. The monoisotopic (exact) mass is 302 g/mol. The van der Waals surface area contributed by atoms with Crippen LogP contribution in [0.4, 0.5) is 0 Å². The van der Waals surface area contributed by atoms with Crippen molar-refractivity contribution in [3.63, 3.8) is 0 Å². The molecular formula is C14H26N2O3S. The average Bonchev–Trinajstić information content (AvgIpc) is 2.44. The molecule has 1 rings (SSSR count). The number of nitrogens with two attached hydrogens (primary N) is 1. The van der Waals surface area contributed by atoms with E-state index in [1.807, 2.05) is 13.2 Å². The summed E-state index contributed by atoms with van der Waals surface area (Å²) in [5, 5.41) is 9.53. The Kier molecular flexibility index (Phi) is 6.82. The highest BCUT2D eigenvalue weighted by molar-refractivity contribution is 7.98. The van der Waals surface area contributed by atoms with Crippen molar-refractivity contribution in [3.8, 4) is 0 Å². The maximum atomic E-state index is 12.3. The van der Waals surface area contributed by atoms with Crippen LogP contribution in [0.25, 0.3) is 0 Å². The van der Waals surface area contributed by atoms with E-state index in [1.165, 1.54) is 0 Å². The average molecular weight is 302 g/mol. The van der Waals surface area contributed by atoms with Crippen molar-refractivity contribution in [1.29, 1.82) is 0 Å². The number of aliphatic carboxylic acids is 1. The van der Waals surface area contributed by atoms with E-state index in [4.69, 9.17) is 5.73 Å². The number of thioether (sulfide) groups is 1. The molecule has 1 unspecified atom stereocenters. The largest absolute Gasteiger partial charge is 0.481 e. The van der Waals surface area contributed by atoms with Gasteiger partial charge in [0.25, 0.3) is 0 Å².